The van der Waals surface area contributed by atoms with Gasteiger partial charge in [-0.3, -0.25) is 4.79 Å². The lowest BCUT2D eigenvalue weighted by molar-refractivity contribution is -0.119. The zero-order chi connectivity index (χ0) is 16.7. The maximum atomic E-state index is 11.1. The normalized spacial score (nSPS) is 12.9. The van der Waals surface area contributed by atoms with Gasteiger partial charge in [-0.1, -0.05) is 17.7 Å². The summed E-state index contributed by atoms with van der Waals surface area (Å²) in [4.78, 5) is 14.4. The minimum atomic E-state index is -0.0425. The van der Waals surface area contributed by atoms with E-state index in [0.29, 0.717) is 6.54 Å². The summed E-state index contributed by atoms with van der Waals surface area (Å²) in [6.07, 6.45) is 1.05. The number of H-pyrrole nitrogens is 1. The predicted octanol–water partition coefficient (Wildman–Crippen LogP) is 4.09. The molecule has 0 saturated heterocycles. The van der Waals surface area contributed by atoms with Gasteiger partial charge < -0.3 is 15.6 Å². The Morgan fingerprint density at radius 2 is 2.12 bits per heavy atom. The fourth-order valence-electron chi connectivity index (χ4n) is 3.22. The van der Waals surface area contributed by atoms with E-state index in [2.05, 4.69) is 39.9 Å². The first-order valence-electron chi connectivity index (χ1n) is 8.03. The molecule has 0 unspecified atom stereocenters. The molecule has 0 atom stereocenters. The first-order valence-corrected chi connectivity index (χ1v) is 8.41. The molecule has 4 nitrogen and oxygen atoms in total. The molecular weight excluding hydrogens is 322 g/mol. The minimum absolute atomic E-state index is 0.0425. The number of aromatic nitrogens is 1. The Kier molecular flexibility index (Phi) is 3.69. The lowest BCUT2D eigenvalue weighted by atomic mass is 10.0. The van der Waals surface area contributed by atoms with Crippen molar-refractivity contribution in [2.75, 3.05) is 11.9 Å². The molecule has 3 aromatic rings. The van der Waals surface area contributed by atoms with Crippen LogP contribution < -0.4 is 10.6 Å². The van der Waals surface area contributed by atoms with E-state index < -0.39 is 0 Å². The fraction of sp³-hybridized carbons (Fsp3) is 0.211. The van der Waals surface area contributed by atoms with E-state index in [4.69, 9.17) is 11.6 Å². The maximum Gasteiger partial charge on any atom is 0.217 e. The molecule has 1 amide bonds. The molecule has 0 saturated carbocycles. The lowest BCUT2D eigenvalue weighted by Crippen LogP contribution is -2.18. The smallest absolute Gasteiger partial charge is 0.217 e. The van der Waals surface area contributed by atoms with Crippen molar-refractivity contribution in [2.24, 2.45) is 0 Å². The molecule has 1 aliphatic rings. The van der Waals surface area contributed by atoms with Crippen molar-refractivity contribution in [1.82, 2.24) is 10.3 Å². The average molecular weight is 340 g/mol. The zero-order valence-corrected chi connectivity index (χ0v) is 14.1. The van der Waals surface area contributed by atoms with Gasteiger partial charge in [0.25, 0.3) is 0 Å². The lowest BCUT2D eigenvalue weighted by Gasteiger charge is -2.08. The molecule has 0 spiro atoms. The second kappa shape index (κ2) is 5.87. The third-order valence-electron chi connectivity index (χ3n) is 4.42. The van der Waals surface area contributed by atoms with Crippen LogP contribution >= 0.6 is 11.6 Å². The van der Waals surface area contributed by atoms with Crippen LogP contribution in [0.1, 0.15) is 18.2 Å². The summed E-state index contributed by atoms with van der Waals surface area (Å²) in [6, 6.07) is 12.5. The van der Waals surface area contributed by atoms with Gasteiger partial charge >= 0.3 is 0 Å². The molecule has 2 heterocycles. The molecule has 122 valence electrons. The van der Waals surface area contributed by atoms with Crippen LogP contribution in [0.25, 0.3) is 22.0 Å². The third-order valence-corrected chi connectivity index (χ3v) is 4.73. The van der Waals surface area contributed by atoms with E-state index in [1.807, 2.05) is 12.1 Å². The Balaban J connectivity index is 1.73. The highest BCUT2D eigenvalue weighted by atomic mass is 35.5. The van der Waals surface area contributed by atoms with Gasteiger partial charge in [0.1, 0.15) is 0 Å². The number of amides is 1. The first-order chi connectivity index (χ1) is 11.6. The molecule has 5 heteroatoms. The SMILES string of the molecule is CC(=O)NCc1cc2cc(Cl)c(-c3ccc4c(c3)CCN4)cc2[nH]1. The first kappa shape index (κ1) is 15.1. The molecular formula is C19H18ClN3O. The standard InChI is InChI=1S/C19H18ClN3O/c1-11(24)22-10-15-7-14-8-17(20)16(9-19(14)23-15)12-2-3-18-13(6-12)4-5-21-18/h2-3,6-9,21,23H,4-5,10H2,1H3,(H,22,24). The largest absolute Gasteiger partial charge is 0.384 e. The Hall–Kier alpha value is -2.46. The van der Waals surface area contributed by atoms with Crippen LogP contribution in [-0.4, -0.2) is 17.4 Å². The van der Waals surface area contributed by atoms with E-state index >= 15 is 0 Å². The van der Waals surface area contributed by atoms with Crippen molar-refractivity contribution in [1.29, 1.82) is 0 Å². The third kappa shape index (κ3) is 2.74. The van der Waals surface area contributed by atoms with Crippen LogP contribution in [0.4, 0.5) is 5.69 Å². The highest BCUT2D eigenvalue weighted by molar-refractivity contribution is 6.34. The van der Waals surface area contributed by atoms with Crippen LogP contribution in [0, 0.1) is 0 Å². The van der Waals surface area contributed by atoms with E-state index in [-0.39, 0.29) is 5.91 Å². The number of rotatable bonds is 3. The van der Waals surface area contributed by atoms with E-state index in [1.54, 1.807) is 0 Å². The molecule has 0 bridgehead atoms. The number of hydrogen-bond donors (Lipinski definition) is 3. The Morgan fingerprint density at radius 3 is 2.96 bits per heavy atom. The Bertz CT molecular complexity index is 945. The maximum absolute atomic E-state index is 11.1. The molecule has 4 rings (SSSR count). The molecule has 0 aliphatic carbocycles. The highest BCUT2D eigenvalue weighted by Crippen LogP contribution is 2.35. The van der Waals surface area contributed by atoms with Gasteiger partial charge in [0.15, 0.2) is 0 Å². The van der Waals surface area contributed by atoms with E-state index in [1.165, 1.54) is 18.2 Å². The van der Waals surface area contributed by atoms with Crippen LogP contribution in [0.15, 0.2) is 36.4 Å². The number of benzene rings is 2. The van der Waals surface area contributed by atoms with Gasteiger partial charge in [-0.15, -0.1) is 0 Å². The minimum Gasteiger partial charge on any atom is -0.384 e. The summed E-state index contributed by atoms with van der Waals surface area (Å²) < 4.78 is 0. The van der Waals surface area contributed by atoms with Gasteiger partial charge in [0.05, 0.1) is 6.54 Å². The van der Waals surface area contributed by atoms with Crippen LogP contribution in [0.3, 0.4) is 0 Å². The second-order valence-electron chi connectivity index (χ2n) is 6.17. The highest BCUT2D eigenvalue weighted by Gasteiger charge is 2.13. The molecule has 24 heavy (non-hydrogen) atoms. The number of nitrogens with one attached hydrogen (secondary N) is 3. The number of carbonyl (C=O) groups excluding carboxylic acids is 1. The van der Waals surface area contributed by atoms with Crippen LogP contribution in [-0.2, 0) is 17.8 Å². The quantitative estimate of drug-likeness (QED) is 0.673. The van der Waals surface area contributed by atoms with Crippen molar-refractivity contribution in [3.05, 3.63) is 52.7 Å². The summed E-state index contributed by atoms with van der Waals surface area (Å²) >= 11 is 6.53. The molecule has 1 aliphatic heterocycles. The van der Waals surface area contributed by atoms with Crippen molar-refractivity contribution in [3.8, 4) is 11.1 Å². The van der Waals surface area contributed by atoms with Crippen molar-refractivity contribution >= 4 is 34.1 Å². The van der Waals surface area contributed by atoms with Crippen molar-refractivity contribution in [3.63, 3.8) is 0 Å². The van der Waals surface area contributed by atoms with E-state index in [9.17, 15) is 4.79 Å². The number of carbonyl (C=O) groups is 1. The average Bonchev–Trinajstić information content (AvgIpc) is 3.17. The number of aromatic amines is 1. The second-order valence-corrected chi connectivity index (χ2v) is 6.58. The summed E-state index contributed by atoms with van der Waals surface area (Å²) in [5, 5.41) is 7.96. The summed E-state index contributed by atoms with van der Waals surface area (Å²) in [5.41, 5.74) is 6.68. The molecule has 1 aromatic heterocycles. The van der Waals surface area contributed by atoms with Gasteiger partial charge in [-0.25, -0.2) is 0 Å². The van der Waals surface area contributed by atoms with Crippen LogP contribution in [0.2, 0.25) is 5.02 Å². The molecule has 0 radical (unpaired) electrons. The predicted molar refractivity (Wildman–Crippen MR) is 98.5 cm³/mol. The van der Waals surface area contributed by atoms with Gasteiger partial charge in [0.2, 0.25) is 5.91 Å². The molecule has 0 fully saturated rings. The van der Waals surface area contributed by atoms with E-state index in [0.717, 1.165) is 45.7 Å². The fourth-order valence-corrected chi connectivity index (χ4v) is 3.50. The Morgan fingerprint density at radius 1 is 1.25 bits per heavy atom. The monoisotopic (exact) mass is 339 g/mol. The van der Waals surface area contributed by atoms with Crippen LogP contribution in [0.5, 0.6) is 0 Å². The number of halogens is 1. The van der Waals surface area contributed by atoms with Crippen molar-refractivity contribution in [2.45, 2.75) is 19.9 Å². The number of anilines is 1. The summed E-state index contributed by atoms with van der Waals surface area (Å²) in [5.74, 6) is -0.0425. The molecule has 2 aromatic carbocycles. The van der Waals surface area contributed by atoms with Gasteiger partial charge in [-0.2, -0.15) is 0 Å². The Labute approximate surface area is 145 Å². The number of fused-ring (bicyclic) bond motifs is 2. The topological polar surface area (TPSA) is 56.9 Å². The van der Waals surface area contributed by atoms with Gasteiger partial charge in [-0.05, 0) is 47.9 Å². The summed E-state index contributed by atoms with van der Waals surface area (Å²) in [7, 11) is 0. The van der Waals surface area contributed by atoms with Gasteiger partial charge in [0, 0.05) is 46.3 Å². The zero-order valence-electron chi connectivity index (χ0n) is 13.4. The summed E-state index contributed by atoms with van der Waals surface area (Å²) in [6.45, 7) is 3.00. The number of hydrogen-bond acceptors (Lipinski definition) is 2. The molecule has 3 N–H and O–H groups in total. The van der Waals surface area contributed by atoms with Crippen molar-refractivity contribution < 1.29 is 4.79 Å².